The lowest BCUT2D eigenvalue weighted by molar-refractivity contribution is 0.0398. The van der Waals surface area contributed by atoms with Gasteiger partial charge in [0, 0.05) is 38.9 Å². The predicted octanol–water partition coefficient (Wildman–Crippen LogP) is 1.82. The van der Waals surface area contributed by atoms with Gasteiger partial charge in [0.15, 0.2) is 0 Å². The molecule has 0 unspecified atom stereocenters. The molecule has 118 valence electrons. The number of aromatic nitrogens is 2. The average Bonchev–Trinajstić information content (AvgIpc) is 2.53. The van der Waals surface area contributed by atoms with Gasteiger partial charge in [-0.2, -0.15) is 4.98 Å². The molecule has 1 fully saturated rings. The van der Waals surface area contributed by atoms with Gasteiger partial charge in [0.05, 0.1) is 13.2 Å². The standard InChI is InChI=1S/C15H27N5O/c1-2-3-4-6-16-14-5-7-17-15(19-14)18-8-9-20-10-12-21-13-11-20/h5,7H,2-4,6,8-13H2,1H3,(H2,16,17,18,19). The molecule has 0 aromatic carbocycles. The van der Waals surface area contributed by atoms with Crippen LogP contribution < -0.4 is 10.6 Å². The number of rotatable bonds is 9. The zero-order valence-electron chi connectivity index (χ0n) is 13.0. The van der Waals surface area contributed by atoms with Crippen molar-refractivity contribution < 1.29 is 4.74 Å². The quantitative estimate of drug-likeness (QED) is 0.677. The monoisotopic (exact) mass is 293 g/mol. The van der Waals surface area contributed by atoms with E-state index in [-0.39, 0.29) is 0 Å². The van der Waals surface area contributed by atoms with Crippen LogP contribution in [0.25, 0.3) is 0 Å². The van der Waals surface area contributed by atoms with Gasteiger partial charge in [-0.05, 0) is 12.5 Å². The highest BCUT2D eigenvalue weighted by molar-refractivity contribution is 5.39. The van der Waals surface area contributed by atoms with Crippen LogP contribution in [0.5, 0.6) is 0 Å². The number of hydrogen-bond acceptors (Lipinski definition) is 6. The largest absolute Gasteiger partial charge is 0.379 e. The van der Waals surface area contributed by atoms with Gasteiger partial charge in [0.1, 0.15) is 5.82 Å². The summed E-state index contributed by atoms with van der Waals surface area (Å²) in [6.07, 6.45) is 5.47. The summed E-state index contributed by atoms with van der Waals surface area (Å²) < 4.78 is 5.34. The van der Waals surface area contributed by atoms with Gasteiger partial charge >= 0.3 is 0 Å². The molecule has 6 nitrogen and oxygen atoms in total. The molecule has 0 spiro atoms. The molecule has 0 radical (unpaired) electrons. The molecule has 1 aromatic heterocycles. The molecule has 0 aliphatic carbocycles. The molecular weight excluding hydrogens is 266 g/mol. The van der Waals surface area contributed by atoms with Crippen molar-refractivity contribution in [3.8, 4) is 0 Å². The molecule has 1 aliphatic rings. The van der Waals surface area contributed by atoms with Crippen LogP contribution in [0.1, 0.15) is 26.2 Å². The van der Waals surface area contributed by atoms with Crippen LogP contribution in [0, 0.1) is 0 Å². The molecule has 1 aromatic rings. The Labute approximate surface area is 127 Å². The van der Waals surface area contributed by atoms with Crippen molar-refractivity contribution in [3.05, 3.63) is 12.3 Å². The first-order chi connectivity index (χ1) is 10.4. The molecule has 2 rings (SSSR count). The highest BCUT2D eigenvalue weighted by Crippen LogP contribution is 2.06. The zero-order chi connectivity index (χ0) is 14.8. The number of nitrogens with zero attached hydrogens (tertiary/aromatic N) is 3. The summed E-state index contributed by atoms with van der Waals surface area (Å²) in [7, 11) is 0. The normalized spacial score (nSPS) is 15.9. The summed E-state index contributed by atoms with van der Waals surface area (Å²) in [4.78, 5) is 11.1. The first-order valence-corrected chi connectivity index (χ1v) is 7.99. The SMILES string of the molecule is CCCCCNc1ccnc(NCCN2CCOCC2)n1. The first-order valence-electron chi connectivity index (χ1n) is 7.99. The van der Waals surface area contributed by atoms with Crippen LogP contribution in [0.3, 0.4) is 0 Å². The molecule has 0 bridgehead atoms. The number of morpholine rings is 1. The highest BCUT2D eigenvalue weighted by Gasteiger charge is 2.09. The lowest BCUT2D eigenvalue weighted by atomic mass is 10.2. The predicted molar refractivity (Wildman–Crippen MR) is 85.8 cm³/mol. The first kappa shape index (κ1) is 16.0. The topological polar surface area (TPSA) is 62.3 Å². The Bertz CT molecular complexity index is 395. The maximum atomic E-state index is 5.34. The van der Waals surface area contributed by atoms with Crippen LogP contribution >= 0.6 is 0 Å². The summed E-state index contributed by atoms with van der Waals surface area (Å²) in [5.74, 6) is 1.60. The summed E-state index contributed by atoms with van der Waals surface area (Å²) in [6.45, 7) is 8.75. The van der Waals surface area contributed by atoms with Crippen molar-refractivity contribution in [2.24, 2.45) is 0 Å². The Morgan fingerprint density at radius 2 is 2.05 bits per heavy atom. The van der Waals surface area contributed by atoms with Gasteiger partial charge in [-0.3, -0.25) is 4.90 Å². The number of nitrogens with one attached hydrogen (secondary N) is 2. The van der Waals surface area contributed by atoms with E-state index in [4.69, 9.17) is 4.74 Å². The van der Waals surface area contributed by atoms with Crippen molar-refractivity contribution in [3.63, 3.8) is 0 Å². The van der Waals surface area contributed by atoms with E-state index in [1.54, 1.807) is 6.20 Å². The number of ether oxygens (including phenoxy) is 1. The minimum absolute atomic E-state index is 0.698. The van der Waals surface area contributed by atoms with E-state index in [0.29, 0.717) is 5.95 Å². The van der Waals surface area contributed by atoms with Crippen LogP contribution in [-0.4, -0.2) is 60.8 Å². The molecule has 0 saturated carbocycles. The molecule has 21 heavy (non-hydrogen) atoms. The second-order valence-corrected chi connectivity index (χ2v) is 5.28. The van der Waals surface area contributed by atoms with Crippen molar-refractivity contribution in [2.45, 2.75) is 26.2 Å². The highest BCUT2D eigenvalue weighted by atomic mass is 16.5. The van der Waals surface area contributed by atoms with Crippen molar-refractivity contribution in [1.82, 2.24) is 14.9 Å². The molecule has 2 heterocycles. The number of unbranched alkanes of at least 4 members (excludes halogenated alkanes) is 2. The van der Waals surface area contributed by atoms with Crippen LogP contribution in [0.15, 0.2) is 12.3 Å². The van der Waals surface area contributed by atoms with Gasteiger partial charge in [0.2, 0.25) is 5.95 Å². The second kappa shape index (κ2) is 9.52. The Morgan fingerprint density at radius 3 is 2.86 bits per heavy atom. The van der Waals surface area contributed by atoms with Gasteiger partial charge in [-0.1, -0.05) is 19.8 Å². The van der Waals surface area contributed by atoms with Gasteiger partial charge in [0.25, 0.3) is 0 Å². The fraction of sp³-hybridized carbons (Fsp3) is 0.733. The third-order valence-electron chi connectivity index (χ3n) is 3.56. The maximum absolute atomic E-state index is 5.34. The Morgan fingerprint density at radius 1 is 1.19 bits per heavy atom. The molecule has 0 amide bonds. The fourth-order valence-corrected chi connectivity index (χ4v) is 2.28. The van der Waals surface area contributed by atoms with E-state index in [0.717, 1.165) is 51.8 Å². The Balaban J connectivity index is 1.67. The van der Waals surface area contributed by atoms with E-state index in [9.17, 15) is 0 Å². The van der Waals surface area contributed by atoms with Gasteiger partial charge in [-0.25, -0.2) is 4.98 Å². The van der Waals surface area contributed by atoms with Crippen molar-refractivity contribution in [2.75, 3.05) is 56.6 Å². The maximum Gasteiger partial charge on any atom is 0.224 e. The Hall–Kier alpha value is -1.40. The smallest absolute Gasteiger partial charge is 0.224 e. The van der Waals surface area contributed by atoms with Crippen LogP contribution in [-0.2, 0) is 4.74 Å². The lowest BCUT2D eigenvalue weighted by Gasteiger charge is -2.26. The summed E-state index contributed by atoms with van der Waals surface area (Å²) in [5, 5.41) is 6.63. The van der Waals surface area contributed by atoms with E-state index >= 15 is 0 Å². The second-order valence-electron chi connectivity index (χ2n) is 5.28. The molecule has 0 atom stereocenters. The van der Waals surface area contributed by atoms with E-state index < -0.39 is 0 Å². The van der Waals surface area contributed by atoms with E-state index in [1.807, 2.05) is 6.07 Å². The van der Waals surface area contributed by atoms with Crippen molar-refractivity contribution in [1.29, 1.82) is 0 Å². The van der Waals surface area contributed by atoms with Gasteiger partial charge in [-0.15, -0.1) is 0 Å². The minimum Gasteiger partial charge on any atom is -0.379 e. The van der Waals surface area contributed by atoms with Crippen LogP contribution in [0.2, 0.25) is 0 Å². The van der Waals surface area contributed by atoms with E-state index in [1.165, 1.54) is 19.3 Å². The third kappa shape index (κ3) is 6.27. The molecule has 1 saturated heterocycles. The lowest BCUT2D eigenvalue weighted by Crippen LogP contribution is -2.39. The third-order valence-corrected chi connectivity index (χ3v) is 3.56. The number of hydrogen-bond donors (Lipinski definition) is 2. The summed E-state index contributed by atoms with van der Waals surface area (Å²) in [5.41, 5.74) is 0. The fourth-order valence-electron chi connectivity index (χ4n) is 2.28. The zero-order valence-corrected chi connectivity index (χ0v) is 13.0. The van der Waals surface area contributed by atoms with Gasteiger partial charge < -0.3 is 15.4 Å². The summed E-state index contributed by atoms with van der Waals surface area (Å²) in [6, 6.07) is 1.92. The van der Waals surface area contributed by atoms with E-state index in [2.05, 4.69) is 32.4 Å². The molecule has 1 aliphatic heterocycles. The minimum atomic E-state index is 0.698. The molecular formula is C15H27N5O. The summed E-state index contributed by atoms with van der Waals surface area (Å²) >= 11 is 0. The average molecular weight is 293 g/mol. The van der Waals surface area contributed by atoms with Crippen molar-refractivity contribution >= 4 is 11.8 Å². The molecule has 6 heteroatoms. The Kier molecular flexibility index (Phi) is 7.24. The van der Waals surface area contributed by atoms with Crippen LogP contribution in [0.4, 0.5) is 11.8 Å². The molecule has 2 N–H and O–H groups in total. The number of anilines is 2.